The van der Waals surface area contributed by atoms with Gasteiger partial charge in [-0.1, -0.05) is 23.7 Å². The monoisotopic (exact) mass is 337 g/mol. The van der Waals surface area contributed by atoms with E-state index in [9.17, 15) is 9.00 Å². The van der Waals surface area contributed by atoms with Crippen molar-refractivity contribution in [2.75, 3.05) is 18.2 Å². The van der Waals surface area contributed by atoms with Gasteiger partial charge < -0.3 is 10.1 Å². The van der Waals surface area contributed by atoms with E-state index < -0.39 is 10.8 Å². The summed E-state index contributed by atoms with van der Waals surface area (Å²) in [7, 11) is 0.310. The van der Waals surface area contributed by atoms with Crippen LogP contribution in [0, 0.1) is 0 Å². The zero-order chi connectivity index (χ0) is 15.9. The maximum absolute atomic E-state index is 12.0. The van der Waals surface area contributed by atoms with Gasteiger partial charge in [-0.2, -0.15) is 0 Å². The van der Waals surface area contributed by atoms with E-state index in [1.807, 2.05) is 12.1 Å². The number of hydrogen-bond donors (Lipinski definition) is 1. The Kier molecular flexibility index (Phi) is 5.98. The first-order valence-electron chi connectivity index (χ1n) is 6.60. The van der Waals surface area contributed by atoms with Gasteiger partial charge in [-0.15, -0.1) is 0 Å². The summed E-state index contributed by atoms with van der Waals surface area (Å²) in [4.78, 5) is 11.9. The van der Waals surface area contributed by atoms with Crippen molar-refractivity contribution in [3.05, 3.63) is 59.1 Å². The molecule has 116 valence electrons. The highest BCUT2D eigenvalue weighted by Crippen LogP contribution is 2.15. The molecular formula is C16H16ClNO3S. The average Bonchev–Trinajstić information content (AvgIpc) is 2.50. The summed E-state index contributed by atoms with van der Waals surface area (Å²) in [5.41, 5.74) is 1.54. The molecule has 0 fully saturated rings. The van der Waals surface area contributed by atoms with Gasteiger partial charge in [0.1, 0.15) is 11.5 Å². The minimum Gasteiger partial charge on any atom is -0.497 e. The smallest absolute Gasteiger partial charge is 0.237 e. The average molecular weight is 338 g/mol. The van der Waals surface area contributed by atoms with Crippen molar-refractivity contribution < 1.29 is 13.7 Å². The van der Waals surface area contributed by atoms with Crippen molar-refractivity contribution in [1.29, 1.82) is 0 Å². The third kappa shape index (κ3) is 5.16. The van der Waals surface area contributed by atoms with Crippen LogP contribution in [0.5, 0.6) is 5.75 Å². The molecule has 22 heavy (non-hydrogen) atoms. The SMILES string of the molecule is COc1ccc(NC(=O)C[S@](=O)Cc2ccc(Cl)cc2)cc1. The van der Waals surface area contributed by atoms with Gasteiger partial charge in [0.2, 0.25) is 5.91 Å². The Morgan fingerprint density at radius 3 is 2.36 bits per heavy atom. The summed E-state index contributed by atoms with van der Waals surface area (Å²) in [5, 5.41) is 3.34. The molecule has 2 aromatic rings. The Morgan fingerprint density at radius 2 is 1.77 bits per heavy atom. The predicted octanol–water partition coefficient (Wildman–Crippen LogP) is 3.24. The van der Waals surface area contributed by atoms with E-state index in [4.69, 9.17) is 16.3 Å². The molecule has 0 heterocycles. The number of benzene rings is 2. The topological polar surface area (TPSA) is 55.4 Å². The second kappa shape index (κ2) is 7.96. The van der Waals surface area contributed by atoms with Gasteiger partial charge in [0, 0.05) is 27.3 Å². The number of carbonyl (C=O) groups excluding carboxylic acids is 1. The summed E-state index contributed by atoms with van der Waals surface area (Å²) in [6.45, 7) is 0. The summed E-state index contributed by atoms with van der Waals surface area (Å²) < 4.78 is 17.0. The van der Waals surface area contributed by atoms with E-state index in [-0.39, 0.29) is 11.7 Å². The molecule has 1 N–H and O–H groups in total. The third-order valence-corrected chi connectivity index (χ3v) is 4.40. The van der Waals surface area contributed by atoms with Crippen molar-refractivity contribution in [2.45, 2.75) is 5.75 Å². The Bertz CT molecular complexity index is 656. The van der Waals surface area contributed by atoms with Crippen LogP contribution in [0.1, 0.15) is 5.56 Å². The molecule has 0 spiro atoms. The number of carbonyl (C=O) groups is 1. The quantitative estimate of drug-likeness (QED) is 0.880. The van der Waals surface area contributed by atoms with E-state index in [0.29, 0.717) is 22.2 Å². The first-order chi connectivity index (χ1) is 10.6. The number of amides is 1. The van der Waals surface area contributed by atoms with E-state index in [2.05, 4.69) is 5.32 Å². The molecule has 1 amide bonds. The van der Waals surface area contributed by atoms with E-state index in [1.165, 1.54) is 0 Å². The lowest BCUT2D eigenvalue weighted by molar-refractivity contribution is -0.113. The molecule has 2 aromatic carbocycles. The Hall–Kier alpha value is -1.85. The Balaban J connectivity index is 1.85. The summed E-state index contributed by atoms with van der Waals surface area (Å²) in [6, 6.07) is 14.1. The van der Waals surface area contributed by atoms with Crippen molar-refractivity contribution >= 4 is 34.0 Å². The number of halogens is 1. The zero-order valence-corrected chi connectivity index (χ0v) is 13.6. The van der Waals surface area contributed by atoms with Crippen molar-refractivity contribution in [2.24, 2.45) is 0 Å². The first-order valence-corrected chi connectivity index (χ1v) is 8.47. The zero-order valence-electron chi connectivity index (χ0n) is 12.0. The lowest BCUT2D eigenvalue weighted by atomic mass is 10.2. The Labute approximate surface area is 136 Å². The number of ether oxygens (including phenoxy) is 1. The number of rotatable bonds is 6. The fraction of sp³-hybridized carbons (Fsp3) is 0.188. The molecule has 0 unspecified atom stereocenters. The third-order valence-electron chi connectivity index (χ3n) is 2.91. The van der Waals surface area contributed by atoms with Crippen LogP contribution < -0.4 is 10.1 Å². The second-order valence-corrected chi connectivity index (χ2v) is 6.53. The molecule has 0 aliphatic rings. The minimum absolute atomic E-state index is 0.0470. The van der Waals surface area contributed by atoms with Crippen LogP contribution >= 0.6 is 11.6 Å². The number of nitrogens with one attached hydrogen (secondary N) is 1. The minimum atomic E-state index is -1.27. The van der Waals surface area contributed by atoms with Gasteiger partial charge >= 0.3 is 0 Å². The van der Waals surface area contributed by atoms with Crippen molar-refractivity contribution in [1.82, 2.24) is 0 Å². The second-order valence-electron chi connectivity index (χ2n) is 4.63. The summed E-state index contributed by atoms with van der Waals surface area (Å²) in [6.07, 6.45) is 0. The van der Waals surface area contributed by atoms with Gasteiger partial charge in [0.15, 0.2) is 0 Å². The maximum atomic E-state index is 12.0. The van der Waals surface area contributed by atoms with E-state index in [1.54, 1.807) is 43.5 Å². The molecular weight excluding hydrogens is 322 g/mol. The van der Waals surface area contributed by atoms with E-state index >= 15 is 0 Å². The highest BCUT2D eigenvalue weighted by molar-refractivity contribution is 7.84. The van der Waals surface area contributed by atoms with Crippen LogP contribution in [0.2, 0.25) is 5.02 Å². The Morgan fingerprint density at radius 1 is 1.14 bits per heavy atom. The molecule has 4 nitrogen and oxygen atoms in total. The molecule has 0 radical (unpaired) electrons. The predicted molar refractivity (Wildman–Crippen MR) is 89.8 cm³/mol. The molecule has 0 saturated heterocycles. The first kappa shape index (κ1) is 16.5. The van der Waals surface area contributed by atoms with Crippen molar-refractivity contribution in [3.63, 3.8) is 0 Å². The highest BCUT2D eigenvalue weighted by Gasteiger charge is 2.09. The van der Waals surface area contributed by atoms with E-state index in [0.717, 1.165) is 5.56 Å². The summed E-state index contributed by atoms with van der Waals surface area (Å²) in [5.74, 6) is 0.712. The largest absolute Gasteiger partial charge is 0.497 e. The van der Waals surface area contributed by atoms with Crippen LogP contribution in [-0.4, -0.2) is 23.0 Å². The van der Waals surface area contributed by atoms with Gasteiger partial charge in [-0.3, -0.25) is 9.00 Å². The molecule has 6 heteroatoms. The molecule has 0 saturated carbocycles. The number of hydrogen-bond acceptors (Lipinski definition) is 3. The van der Waals surface area contributed by atoms with Gasteiger partial charge in [0.25, 0.3) is 0 Å². The number of methoxy groups -OCH3 is 1. The number of anilines is 1. The highest BCUT2D eigenvalue weighted by atomic mass is 35.5. The van der Waals surface area contributed by atoms with Crippen LogP contribution in [-0.2, 0) is 21.3 Å². The summed E-state index contributed by atoms with van der Waals surface area (Å²) >= 11 is 5.80. The normalized spacial score (nSPS) is 11.7. The molecule has 0 aromatic heterocycles. The van der Waals surface area contributed by atoms with Crippen molar-refractivity contribution in [3.8, 4) is 5.75 Å². The lowest BCUT2D eigenvalue weighted by Crippen LogP contribution is -2.20. The molecule has 2 rings (SSSR count). The van der Waals surface area contributed by atoms with Crippen LogP contribution in [0.25, 0.3) is 0 Å². The molecule has 0 bridgehead atoms. The lowest BCUT2D eigenvalue weighted by Gasteiger charge is -2.06. The standard InChI is InChI=1S/C16H16ClNO3S/c1-21-15-8-6-14(7-9-15)18-16(19)11-22(20)10-12-2-4-13(17)5-3-12/h2-9H,10-11H2,1H3,(H,18,19)/t22-/m1/s1. The van der Waals surface area contributed by atoms with Gasteiger partial charge in [-0.05, 0) is 42.0 Å². The fourth-order valence-electron chi connectivity index (χ4n) is 1.84. The maximum Gasteiger partial charge on any atom is 0.237 e. The van der Waals surface area contributed by atoms with Crippen LogP contribution in [0.4, 0.5) is 5.69 Å². The fourth-order valence-corrected chi connectivity index (χ4v) is 2.99. The molecule has 0 aliphatic carbocycles. The molecule has 1 atom stereocenters. The molecule has 0 aliphatic heterocycles. The van der Waals surface area contributed by atoms with Crippen LogP contribution in [0.3, 0.4) is 0 Å². The van der Waals surface area contributed by atoms with Crippen LogP contribution in [0.15, 0.2) is 48.5 Å². The van der Waals surface area contributed by atoms with Gasteiger partial charge in [-0.25, -0.2) is 0 Å². The van der Waals surface area contributed by atoms with Gasteiger partial charge in [0.05, 0.1) is 7.11 Å².